The van der Waals surface area contributed by atoms with Crippen molar-refractivity contribution >= 4 is 64.4 Å². The minimum atomic E-state index is -0.981. The van der Waals surface area contributed by atoms with E-state index in [9.17, 15) is 14.4 Å². The molecule has 3 aromatic rings. The molecule has 0 radical (unpaired) electrons. The summed E-state index contributed by atoms with van der Waals surface area (Å²) in [6, 6.07) is 12.7. The van der Waals surface area contributed by atoms with Gasteiger partial charge in [-0.05, 0) is 42.5 Å². The number of nitrogens with one attached hydrogen (secondary N) is 3. The maximum Gasteiger partial charge on any atom is 0.329 e. The van der Waals surface area contributed by atoms with E-state index in [1.807, 2.05) is 0 Å². The van der Waals surface area contributed by atoms with Crippen LogP contribution in [0, 0.1) is 0 Å². The van der Waals surface area contributed by atoms with Crippen molar-refractivity contribution in [2.75, 3.05) is 11.9 Å². The molecule has 1 heterocycles. The number of nitrogens with zero attached hydrogens (tertiary/aromatic N) is 1. The molecule has 176 valence electrons. The molecule has 0 fully saturated rings. The fourth-order valence-corrected chi connectivity index (χ4v) is 3.08. The second-order valence-electron chi connectivity index (χ2n) is 6.58. The Morgan fingerprint density at radius 1 is 1.03 bits per heavy atom. The molecule has 0 spiro atoms. The highest BCUT2D eigenvalue weighted by molar-refractivity contribution is 6.44. The monoisotopic (exact) mass is 522 g/mol. The van der Waals surface area contributed by atoms with Crippen LogP contribution in [0.4, 0.5) is 5.69 Å². The molecule has 3 rings (SSSR count). The van der Waals surface area contributed by atoms with Gasteiger partial charge in [0.15, 0.2) is 6.61 Å². The lowest BCUT2D eigenvalue weighted by Gasteiger charge is -2.11. The Hall–Kier alpha value is -3.53. The number of amides is 3. The normalized spacial score (nSPS) is 10.7. The molecule has 0 saturated carbocycles. The van der Waals surface area contributed by atoms with Crippen molar-refractivity contribution in [3.63, 3.8) is 0 Å². The Morgan fingerprint density at radius 3 is 2.62 bits per heavy atom. The average molecular weight is 524 g/mol. The molecule has 2 aromatic carbocycles. The van der Waals surface area contributed by atoms with Gasteiger partial charge < -0.3 is 19.8 Å². The summed E-state index contributed by atoms with van der Waals surface area (Å²) in [6.07, 6.45) is 2.68. The van der Waals surface area contributed by atoms with Crippen LogP contribution in [0.15, 0.2) is 64.3 Å². The minimum absolute atomic E-state index is 0.0533. The number of hydrazone groups is 1. The molecular formula is C22H17Cl3N4O5. The number of ether oxygens (including phenoxy) is 1. The highest BCUT2D eigenvalue weighted by Crippen LogP contribution is 2.29. The highest BCUT2D eigenvalue weighted by atomic mass is 35.5. The standard InChI is InChI=1S/C22H17Cl3N4O5/c23-14-6-7-18(34-12-19(30)28-17-5-1-4-16(24)20(17)25)13(9-14)10-27-29-22(32)21(31)26-11-15-3-2-8-33-15/h1-10H,11-12H2,(H,26,31)(H,28,30)(H,29,32)/b27-10-. The van der Waals surface area contributed by atoms with Gasteiger partial charge in [-0.3, -0.25) is 14.4 Å². The largest absolute Gasteiger partial charge is 0.483 e. The quantitative estimate of drug-likeness (QED) is 0.234. The fraction of sp³-hybridized carbons (Fsp3) is 0.0909. The third-order valence-corrected chi connectivity index (χ3v) is 5.19. The zero-order valence-electron chi connectivity index (χ0n) is 17.3. The van der Waals surface area contributed by atoms with Crippen molar-refractivity contribution in [1.29, 1.82) is 0 Å². The van der Waals surface area contributed by atoms with Gasteiger partial charge in [0, 0.05) is 10.6 Å². The van der Waals surface area contributed by atoms with E-state index >= 15 is 0 Å². The number of carbonyl (C=O) groups is 3. The van der Waals surface area contributed by atoms with Gasteiger partial charge in [0.05, 0.1) is 34.8 Å². The Balaban J connectivity index is 1.55. The van der Waals surface area contributed by atoms with E-state index in [0.717, 1.165) is 0 Å². The van der Waals surface area contributed by atoms with Crippen molar-refractivity contribution in [3.05, 3.63) is 81.2 Å². The van der Waals surface area contributed by atoms with Gasteiger partial charge in [-0.2, -0.15) is 5.10 Å². The minimum Gasteiger partial charge on any atom is -0.483 e. The molecule has 0 aliphatic rings. The van der Waals surface area contributed by atoms with Crippen LogP contribution in [0.2, 0.25) is 15.1 Å². The summed E-state index contributed by atoms with van der Waals surface area (Å²) >= 11 is 18.0. The lowest BCUT2D eigenvalue weighted by Crippen LogP contribution is -2.37. The lowest BCUT2D eigenvalue weighted by atomic mass is 10.2. The van der Waals surface area contributed by atoms with Gasteiger partial charge >= 0.3 is 11.8 Å². The summed E-state index contributed by atoms with van der Waals surface area (Å²) in [5.41, 5.74) is 2.80. The first-order valence-corrected chi connectivity index (χ1v) is 10.8. The van der Waals surface area contributed by atoms with Crippen LogP contribution in [-0.2, 0) is 20.9 Å². The van der Waals surface area contributed by atoms with Crippen LogP contribution < -0.4 is 20.8 Å². The zero-order valence-corrected chi connectivity index (χ0v) is 19.6. The SMILES string of the molecule is O=C(COc1ccc(Cl)cc1/C=N\NC(=O)C(=O)NCc1ccco1)Nc1cccc(Cl)c1Cl. The Morgan fingerprint density at radius 2 is 1.85 bits per heavy atom. The van der Waals surface area contributed by atoms with Crippen molar-refractivity contribution in [2.45, 2.75) is 6.54 Å². The van der Waals surface area contributed by atoms with Gasteiger partial charge in [0.25, 0.3) is 5.91 Å². The number of hydrogen-bond donors (Lipinski definition) is 3. The van der Waals surface area contributed by atoms with Gasteiger partial charge in [0.1, 0.15) is 11.5 Å². The summed E-state index contributed by atoms with van der Waals surface area (Å²) < 4.78 is 10.6. The third kappa shape index (κ3) is 7.24. The second kappa shape index (κ2) is 12.1. The molecule has 12 heteroatoms. The molecule has 3 amide bonds. The Labute approximate surface area is 209 Å². The molecule has 0 aliphatic heterocycles. The van der Waals surface area contributed by atoms with Crippen molar-refractivity contribution in [2.24, 2.45) is 5.10 Å². The van der Waals surface area contributed by atoms with Crippen LogP contribution in [0.25, 0.3) is 0 Å². The predicted octanol–water partition coefficient (Wildman–Crippen LogP) is 4.02. The molecule has 34 heavy (non-hydrogen) atoms. The first-order chi connectivity index (χ1) is 16.3. The Bertz CT molecular complexity index is 1220. The predicted molar refractivity (Wildman–Crippen MR) is 128 cm³/mol. The van der Waals surface area contributed by atoms with E-state index in [2.05, 4.69) is 21.2 Å². The number of benzene rings is 2. The first-order valence-electron chi connectivity index (χ1n) is 9.63. The molecule has 9 nitrogen and oxygen atoms in total. The van der Waals surface area contributed by atoms with Gasteiger partial charge in [-0.15, -0.1) is 0 Å². The maximum atomic E-state index is 12.2. The summed E-state index contributed by atoms with van der Waals surface area (Å²) in [5.74, 6) is -1.61. The van der Waals surface area contributed by atoms with E-state index in [1.165, 1.54) is 24.6 Å². The average Bonchev–Trinajstić information content (AvgIpc) is 3.33. The van der Waals surface area contributed by atoms with Crippen molar-refractivity contribution in [3.8, 4) is 5.75 Å². The van der Waals surface area contributed by atoms with E-state index in [-0.39, 0.29) is 23.9 Å². The van der Waals surface area contributed by atoms with Crippen LogP contribution in [-0.4, -0.2) is 30.5 Å². The van der Waals surface area contributed by atoms with Gasteiger partial charge in [-0.1, -0.05) is 40.9 Å². The maximum absolute atomic E-state index is 12.2. The highest BCUT2D eigenvalue weighted by Gasteiger charge is 2.13. The van der Waals surface area contributed by atoms with Crippen LogP contribution in [0.5, 0.6) is 5.75 Å². The topological polar surface area (TPSA) is 122 Å². The number of rotatable bonds is 8. The van der Waals surface area contributed by atoms with E-state index in [1.54, 1.807) is 36.4 Å². The molecular weight excluding hydrogens is 507 g/mol. The van der Waals surface area contributed by atoms with E-state index in [0.29, 0.717) is 27.1 Å². The van der Waals surface area contributed by atoms with Crippen LogP contribution in [0.1, 0.15) is 11.3 Å². The number of anilines is 1. The summed E-state index contributed by atoms with van der Waals surface area (Å²) in [7, 11) is 0. The van der Waals surface area contributed by atoms with Gasteiger partial charge in [0.2, 0.25) is 0 Å². The number of hydrogen-bond acceptors (Lipinski definition) is 6. The molecule has 0 bridgehead atoms. The fourth-order valence-electron chi connectivity index (χ4n) is 2.55. The summed E-state index contributed by atoms with van der Waals surface area (Å²) in [6.45, 7) is -0.301. The first kappa shape index (κ1) is 25.1. The molecule has 3 N–H and O–H groups in total. The molecule has 1 aromatic heterocycles. The van der Waals surface area contributed by atoms with Gasteiger partial charge in [-0.25, -0.2) is 5.43 Å². The molecule has 0 aliphatic carbocycles. The summed E-state index contributed by atoms with van der Waals surface area (Å²) in [4.78, 5) is 36.0. The molecule has 0 atom stereocenters. The molecule has 0 unspecified atom stereocenters. The number of carbonyl (C=O) groups excluding carboxylic acids is 3. The summed E-state index contributed by atoms with van der Waals surface area (Å²) in [5, 5.41) is 9.60. The zero-order chi connectivity index (χ0) is 24.5. The lowest BCUT2D eigenvalue weighted by molar-refractivity contribution is -0.139. The number of halogens is 3. The second-order valence-corrected chi connectivity index (χ2v) is 7.80. The smallest absolute Gasteiger partial charge is 0.329 e. The Kier molecular flexibility index (Phi) is 8.92. The number of furan rings is 1. The van der Waals surface area contributed by atoms with Crippen molar-refractivity contribution in [1.82, 2.24) is 10.7 Å². The third-order valence-electron chi connectivity index (χ3n) is 4.14. The molecule has 0 saturated heterocycles. The van der Waals surface area contributed by atoms with Crippen LogP contribution >= 0.6 is 34.8 Å². The van der Waals surface area contributed by atoms with Crippen molar-refractivity contribution < 1.29 is 23.5 Å². The van der Waals surface area contributed by atoms with Crippen LogP contribution in [0.3, 0.4) is 0 Å². The van der Waals surface area contributed by atoms with E-state index < -0.39 is 17.7 Å². The van der Waals surface area contributed by atoms with E-state index in [4.69, 9.17) is 44.0 Å².